The number of ether oxygens (including phenoxy) is 1. The molecule has 0 aliphatic carbocycles. The van der Waals surface area contributed by atoms with Gasteiger partial charge in [0.05, 0.1) is 25.3 Å². The largest absolute Gasteiger partial charge is 0.497 e. The molecule has 6 heteroatoms. The third-order valence-corrected chi connectivity index (χ3v) is 3.61. The topological polar surface area (TPSA) is 77.2 Å². The Kier molecular flexibility index (Phi) is 4.57. The fourth-order valence-electron chi connectivity index (χ4n) is 1.86. The number of methoxy groups -OCH3 is 1. The second kappa shape index (κ2) is 6.38. The lowest BCUT2D eigenvalue weighted by atomic mass is 10.1. The van der Waals surface area contributed by atoms with Crippen LogP contribution in [0.1, 0.15) is 24.2 Å². The van der Waals surface area contributed by atoms with E-state index in [1.54, 1.807) is 12.5 Å². The molecule has 2 rings (SSSR count). The van der Waals surface area contributed by atoms with Crippen molar-refractivity contribution < 1.29 is 9.53 Å². The minimum atomic E-state index is -0.0893. The molecule has 1 aromatic heterocycles. The number of anilines is 1. The molecule has 0 saturated heterocycles. The maximum Gasteiger partial charge on any atom is 0.226 e. The van der Waals surface area contributed by atoms with Gasteiger partial charge in [-0.05, 0) is 24.6 Å². The summed E-state index contributed by atoms with van der Waals surface area (Å²) in [5.41, 5.74) is 7.23. The molecule has 1 aromatic carbocycles. The van der Waals surface area contributed by atoms with E-state index in [1.165, 1.54) is 11.3 Å². The molecule has 0 aliphatic heterocycles. The zero-order valence-electron chi connectivity index (χ0n) is 11.4. The lowest BCUT2D eigenvalue weighted by molar-refractivity contribution is -0.121. The molecular weight excluding hydrogens is 274 g/mol. The predicted molar refractivity (Wildman–Crippen MR) is 79.8 cm³/mol. The number of hydrogen-bond donors (Lipinski definition) is 2. The zero-order valence-corrected chi connectivity index (χ0v) is 12.2. The van der Waals surface area contributed by atoms with Crippen LogP contribution in [-0.4, -0.2) is 18.0 Å². The Bertz CT molecular complexity index is 598. The third kappa shape index (κ3) is 3.71. The van der Waals surface area contributed by atoms with Gasteiger partial charge in [-0.15, -0.1) is 11.3 Å². The Labute approximate surface area is 121 Å². The summed E-state index contributed by atoms with van der Waals surface area (Å²) in [5.74, 6) is 0.696. The molecule has 1 amide bonds. The monoisotopic (exact) mass is 291 g/mol. The van der Waals surface area contributed by atoms with Crippen LogP contribution < -0.4 is 15.8 Å². The lowest BCUT2D eigenvalue weighted by Gasteiger charge is -2.14. The van der Waals surface area contributed by atoms with E-state index in [0.717, 1.165) is 11.3 Å². The molecular formula is C14H17N3O2S. The van der Waals surface area contributed by atoms with E-state index < -0.39 is 0 Å². The SMILES string of the molecule is COc1cccc(C(C)NC(=O)Cc2csc(N)n2)c1. The van der Waals surface area contributed by atoms with Crippen molar-refractivity contribution in [2.24, 2.45) is 0 Å². The highest BCUT2D eigenvalue weighted by molar-refractivity contribution is 7.13. The summed E-state index contributed by atoms with van der Waals surface area (Å²) in [6.07, 6.45) is 0.238. The molecule has 0 bridgehead atoms. The summed E-state index contributed by atoms with van der Waals surface area (Å²) in [7, 11) is 1.62. The van der Waals surface area contributed by atoms with Crippen LogP contribution in [0, 0.1) is 0 Å². The Hall–Kier alpha value is -2.08. The molecule has 0 fully saturated rings. The van der Waals surface area contributed by atoms with Crippen LogP contribution in [0.3, 0.4) is 0 Å². The summed E-state index contributed by atoms with van der Waals surface area (Å²) in [6.45, 7) is 1.93. The standard InChI is InChI=1S/C14H17N3O2S/c1-9(10-4-3-5-12(6-10)19-2)16-13(18)7-11-8-20-14(15)17-11/h3-6,8-9H,7H2,1-2H3,(H2,15,17)(H,16,18). The van der Waals surface area contributed by atoms with Crippen molar-refractivity contribution in [3.05, 3.63) is 40.9 Å². The summed E-state index contributed by atoms with van der Waals surface area (Å²) in [4.78, 5) is 16.0. The highest BCUT2D eigenvalue weighted by atomic mass is 32.1. The molecule has 0 spiro atoms. The van der Waals surface area contributed by atoms with E-state index in [1.807, 2.05) is 31.2 Å². The van der Waals surface area contributed by atoms with E-state index in [4.69, 9.17) is 10.5 Å². The average Bonchev–Trinajstić information content (AvgIpc) is 2.83. The first-order chi connectivity index (χ1) is 9.58. The zero-order chi connectivity index (χ0) is 14.5. The van der Waals surface area contributed by atoms with Gasteiger partial charge in [0.2, 0.25) is 5.91 Å². The number of thiazole rings is 1. The van der Waals surface area contributed by atoms with Crippen molar-refractivity contribution in [3.8, 4) is 5.75 Å². The Morgan fingerprint density at radius 2 is 2.35 bits per heavy atom. The molecule has 20 heavy (non-hydrogen) atoms. The highest BCUT2D eigenvalue weighted by Crippen LogP contribution is 2.19. The molecule has 0 radical (unpaired) electrons. The summed E-state index contributed by atoms with van der Waals surface area (Å²) in [5, 5.41) is 5.21. The second-order valence-electron chi connectivity index (χ2n) is 4.42. The van der Waals surface area contributed by atoms with E-state index in [-0.39, 0.29) is 18.4 Å². The van der Waals surface area contributed by atoms with Crippen molar-refractivity contribution >= 4 is 22.4 Å². The van der Waals surface area contributed by atoms with Gasteiger partial charge in [-0.25, -0.2) is 4.98 Å². The maximum atomic E-state index is 11.9. The third-order valence-electron chi connectivity index (χ3n) is 2.88. The molecule has 1 atom stereocenters. The predicted octanol–water partition coefficient (Wildman–Crippen LogP) is 2.15. The fraction of sp³-hybridized carbons (Fsp3) is 0.286. The molecule has 1 unspecified atom stereocenters. The minimum absolute atomic E-state index is 0.0781. The number of carbonyl (C=O) groups is 1. The number of rotatable bonds is 5. The minimum Gasteiger partial charge on any atom is -0.497 e. The smallest absolute Gasteiger partial charge is 0.226 e. The van der Waals surface area contributed by atoms with Crippen LogP contribution in [0.15, 0.2) is 29.6 Å². The molecule has 0 saturated carbocycles. The number of nitrogens with two attached hydrogens (primary N) is 1. The fourth-order valence-corrected chi connectivity index (χ4v) is 2.42. The van der Waals surface area contributed by atoms with Crippen LogP contribution in [0.25, 0.3) is 0 Å². The Morgan fingerprint density at radius 3 is 3.00 bits per heavy atom. The van der Waals surface area contributed by atoms with Gasteiger partial charge in [0.15, 0.2) is 5.13 Å². The molecule has 106 valence electrons. The Balaban J connectivity index is 1.96. The average molecular weight is 291 g/mol. The Morgan fingerprint density at radius 1 is 1.55 bits per heavy atom. The van der Waals surface area contributed by atoms with Crippen LogP contribution >= 0.6 is 11.3 Å². The van der Waals surface area contributed by atoms with Gasteiger partial charge < -0.3 is 15.8 Å². The van der Waals surface area contributed by atoms with Crippen molar-refractivity contribution in [3.63, 3.8) is 0 Å². The quantitative estimate of drug-likeness (QED) is 0.885. The van der Waals surface area contributed by atoms with Crippen LogP contribution in [-0.2, 0) is 11.2 Å². The van der Waals surface area contributed by atoms with Crippen molar-refractivity contribution in [1.29, 1.82) is 0 Å². The van der Waals surface area contributed by atoms with E-state index in [9.17, 15) is 4.79 Å². The van der Waals surface area contributed by atoms with Gasteiger partial charge in [-0.3, -0.25) is 4.79 Å². The van der Waals surface area contributed by atoms with Gasteiger partial charge in [0, 0.05) is 5.38 Å². The first kappa shape index (κ1) is 14.3. The summed E-state index contributed by atoms with van der Waals surface area (Å²) in [6, 6.07) is 7.54. The molecule has 0 aliphatic rings. The maximum absolute atomic E-state index is 11.9. The van der Waals surface area contributed by atoms with E-state index >= 15 is 0 Å². The first-order valence-corrected chi connectivity index (χ1v) is 7.09. The molecule has 2 aromatic rings. The number of hydrogen-bond acceptors (Lipinski definition) is 5. The van der Waals surface area contributed by atoms with Gasteiger partial charge in [0.25, 0.3) is 0 Å². The lowest BCUT2D eigenvalue weighted by Crippen LogP contribution is -2.28. The number of benzene rings is 1. The number of amides is 1. The first-order valence-electron chi connectivity index (χ1n) is 6.21. The summed E-state index contributed by atoms with van der Waals surface area (Å²) >= 11 is 1.34. The molecule has 3 N–H and O–H groups in total. The van der Waals surface area contributed by atoms with Gasteiger partial charge in [-0.2, -0.15) is 0 Å². The van der Waals surface area contributed by atoms with Gasteiger partial charge in [-0.1, -0.05) is 12.1 Å². The number of nitrogens with one attached hydrogen (secondary N) is 1. The van der Waals surface area contributed by atoms with E-state index in [2.05, 4.69) is 10.3 Å². The van der Waals surface area contributed by atoms with Gasteiger partial charge >= 0.3 is 0 Å². The second-order valence-corrected chi connectivity index (χ2v) is 5.31. The summed E-state index contributed by atoms with van der Waals surface area (Å²) < 4.78 is 5.17. The van der Waals surface area contributed by atoms with Crippen molar-refractivity contribution in [1.82, 2.24) is 10.3 Å². The molecule has 5 nitrogen and oxygen atoms in total. The number of aromatic nitrogens is 1. The van der Waals surface area contributed by atoms with Crippen molar-refractivity contribution in [2.45, 2.75) is 19.4 Å². The van der Waals surface area contributed by atoms with Crippen LogP contribution in [0.2, 0.25) is 0 Å². The number of carbonyl (C=O) groups excluding carboxylic acids is 1. The molecule has 1 heterocycles. The van der Waals surface area contributed by atoms with Crippen molar-refractivity contribution in [2.75, 3.05) is 12.8 Å². The van der Waals surface area contributed by atoms with E-state index in [0.29, 0.717) is 10.8 Å². The number of nitrogen functional groups attached to an aromatic ring is 1. The number of nitrogens with zero attached hydrogens (tertiary/aromatic N) is 1. The normalized spacial score (nSPS) is 11.9. The highest BCUT2D eigenvalue weighted by Gasteiger charge is 2.12. The van der Waals surface area contributed by atoms with Crippen LogP contribution in [0.4, 0.5) is 5.13 Å². The van der Waals surface area contributed by atoms with Gasteiger partial charge in [0.1, 0.15) is 5.75 Å². The van der Waals surface area contributed by atoms with Crippen LogP contribution in [0.5, 0.6) is 5.75 Å².